The van der Waals surface area contributed by atoms with Crippen LogP contribution >= 0.6 is 0 Å². The number of benzene rings is 3. The van der Waals surface area contributed by atoms with Crippen LogP contribution in [-0.2, 0) is 8.85 Å². The first-order chi connectivity index (χ1) is 14.8. The van der Waals surface area contributed by atoms with Crippen molar-refractivity contribution in [1.29, 1.82) is 0 Å². The Kier molecular flexibility index (Phi) is 4.04. The van der Waals surface area contributed by atoms with Gasteiger partial charge < -0.3 is 0 Å². The molecule has 0 radical (unpaired) electrons. The molecule has 3 aromatic rings. The van der Waals surface area contributed by atoms with Gasteiger partial charge in [0.2, 0.25) is 0 Å². The van der Waals surface area contributed by atoms with E-state index in [1.807, 2.05) is 78.9 Å². The van der Waals surface area contributed by atoms with Crippen LogP contribution in [0, 0.1) is 0 Å². The quantitative estimate of drug-likeness (QED) is 0.598. The van der Waals surface area contributed by atoms with Crippen molar-refractivity contribution in [2.75, 3.05) is 28.2 Å². The van der Waals surface area contributed by atoms with E-state index in [0.717, 1.165) is 16.3 Å². The van der Waals surface area contributed by atoms with Crippen LogP contribution in [0.3, 0.4) is 0 Å². The summed E-state index contributed by atoms with van der Waals surface area (Å²) in [6.07, 6.45) is 0. The summed E-state index contributed by atoms with van der Waals surface area (Å²) in [4.78, 5) is 0. The van der Waals surface area contributed by atoms with E-state index in [-0.39, 0.29) is 8.52 Å². The number of hydrogen-bond acceptors (Lipinski definition) is 4. The molecule has 2 aliphatic heterocycles. The van der Waals surface area contributed by atoms with Crippen LogP contribution in [0.25, 0.3) is 0 Å². The minimum atomic E-state index is -4.60. The Bertz CT molecular complexity index is 1120. The fraction of sp³-hybridized carbons (Fsp3) is 0.167. The van der Waals surface area contributed by atoms with Crippen LogP contribution in [0.1, 0.15) is 11.1 Å². The maximum atomic E-state index is 7.08. The van der Waals surface area contributed by atoms with Gasteiger partial charge in [0.05, 0.1) is 0 Å². The van der Waals surface area contributed by atoms with Crippen LogP contribution in [-0.4, -0.2) is 56.7 Å². The molecule has 160 valence electrons. The molecule has 7 heteroatoms. The average molecular weight is 433 g/mol. The summed E-state index contributed by atoms with van der Waals surface area (Å²) in [6, 6.07) is 30.3. The van der Waals surface area contributed by atoms with Crippen LogP contribution < -0.4 is 5.19 Å². The fourth-order valence-corrected chi connectivity index (χ4v) is 12.3. The van der Waals surface area contributed by atoms with E-state index in [0.29, 0.717) is 11.8 Å². The first-order valence-corrected chi connectivity index (χ1v) is 13.1. The molecule has 3 aromatic carbocycles. The molecule has 5 rings (SSSR count). The fourth-order valence-electron chi connectivity index (χ4n) is 5.41. The minimum absolute atomic E-state index is 0.218. The monoisotopic (exact) mass is 432 g/mol. The molecule has 0 atom stereocenters. The van der Waals surface area contributed by atoms with Crippen LogP contribution in [0.4, 0.5) is 0 Å². The van der Waals surface area contributed by atoms with Crippen molar-refractivity contribution >= 4 is 25.1 Å². The molecule has 0 aliphatic carbocycles. The van der Waals surface area contributed by atoms with Crippen molar-refractivity contribution in [3.8, 4) is 0 Å². The van der Waals surface area contributed by atoms with Crippen molar-refractivity contribution in [1.82, 2.24) is 0 Å². The molecular weight excluding hydrogens is 404 g/mol. The Morgan fingerprint density at radius 3 is 1.29 bits per heavy atom. The number of nitrogens with zero attached hydrogens (tertiary/aromatic N) is 4. The van der Waals surface area contributed by atoms with Gasteiger partial charge in [-0.3, -0.25) is 0 Å². The third-order valence-electron chi connectivity index (χ3n) is 6.99. The molecule has 0 fully saturated rings. The molecule has 0 N–H and O–H groups in total. The number of rotatable bonds is 3. The summed E-state index contributed by atoms with van der Waals surface area (Å²) < 4.78 is 14.6. The third kappa shape index (κ3) is 2.39. The predicted octanol–water partition coefficient (Wildman–Crippen LogP) is 2.95. The molecule has 0 amide bonds. The van der Waals surface area contributed by atoms with Crippen LogP contribution in [0.15, 0.2) is 101 Å². The molecule has 0 unspecified atom stereocenters. The van der Waals surface area contributed by atoms with Gasteiger partial charge in [-0.2, -0.15) is 0 Å². The van der Waals surface area contributed by atoms with E-state index in [4.69, 9.17) is 19.1 Å². The molecule has 6 nitrogen and oxygen atoms in total. The van der Waals surface area contributed by atoms with Gasteiger partial charge in [0.25, 0.3) is 0 Å². The van der Waals surface area contributed by atoms with Gasteiger partial charge in [-0.05, 0) is 0 Å². The standard InChI is InChI=1S/C24H28N4O2Si/c1-27(2)25-23(20-14-8-5-9-15-20)29-31(27,22-18-12-7-13-19-22)28(3,4)26-24(30-31)21-16-10-6-11-17-21/h5-19,31H,1-4H3. The second kappa shape index (κ2) is 6.37. The SMILES string of the molecule is C[N+]1(C)N=C(c2ccccc2)O[SiH-2]12(c1ccccc1)OC(c1ccccc1)=N[N+]2(C)C. The van der Waals surface area contributed by atoms with E-state index >= 15 is 0 Å². The van der Waals surface area contributed by atoms with E-state index in [1.165, 1.54) is 0 Å². The zero-order valence-corrected chi connectivity index (χ0v) is 19.5. The van der Waals surface area contributed by atoms with Gasteiger partial charge in [0, 0.05) is 0 Å². The maximum absolute atomic E-state index is 7.08. The van der Waals surface area contributed by atoms with Gasteiger partial charge in [-0.15, -0.1) is 0 Å². The normalized spacial score (nSPS) is 23.0. The van der Waals surface area contributed by atoms with Crippen molar-refractivity contribution in [3.63, 3.8) is 0 Å². The zero-order chi connectivity index (χ0) is 21.8. The molecule has 0 bridgehead atoms. The number of hydrogen-bond donors (Lipinski definition) is 0. The second-order valence-corrected chi connectivity index (χ2v) is 15.2. The molecule has 2 aliphatic rings. The zero-order valence-electron chi connectivity index (χ0n) is 18.3. The average Bonchev–Trinajstić information content (AvgIpc) is 3.19. The van der Waals surface area contributed by atoms with Crippen molar-refractivity contribution in [2.24, 2.45) is 10.2 Å². The van der Waals surface area contributed by atoms with Crippen molar-refractivity contribution in [2.45, 2.75) is 0 Å². The van der Waals surface area contributed by atoms with Crippen LogP contribution in [0.5, 0.6) is 0 Å². The molecule has 0 aromatic heterocycles. The Morgan fingerprint density at radius 1 is 0.548 bits per heavy atom. The molecule has 0 saturated carbocycles. The Hall–Kier alpha value is -3.26. The van der Waals surface area contributed by atoms with Crippen LogP contribution in [0.2, 0.25) is 0 Å². The summed E-state index contributed by atoms with van der Waals surface area (Å²) in [5.41, 5.74) is 1.86. The summed E-state index contributed by atoms with van der Waals surface area (Å²) in [5.74, 6) is 1.18. The molecule has 2 heterocycles. The predicted molar refractivity (Wildman–Crippen MR) is 126 cm³/mol. The summed E-state index contributed by atoms with van der Waals surface area (Å²) in [7, 11) is 3.66. The summed E-state index contributed by atoms with van der Waals surface area (Å²) >= 11 is 0. The Morgan fingerprint density at radius 2 is 0.903 bits per heavy atom. The van der Waals surface area contributed by atoms with Gasteiger partial charge in [0.15, 0.2) is 0 Å². The van der Waals surface area contributed by atoms with E-state index in [2.05, 4.69) is 40.3 Å². The van der Waals surface area contributed by atoms with E-state index < -0.39 is 8.16 Å². The molecular formula is C24H28N4O2Si. The first kappa shape index (κ1) is 19.7. The first-order valence-electron chi connectivity index (χ1n) is 10.6. The Labute approximate surface area is 183 Å². The molecule has 1 spiro atoms. The summed E-state index contributed by atoms with van der Waals surface area (Å²) in [5, 5.41) is 11.2. The van der Waals surface area contributed by atoms with Crippen molar-refractivity contribution in [3.05, 3.63) is 102 Å². The molecule has 31 heavy (non-hydrogen) atoms. The van der Waals surface area contributed by atoms with E-state index in [1.54, 1.807) is 0 Å². The third-order valence-corrected chi connectivity index (χ3v) is 14.5. The van der Waals surface area contributed by atoms with Gasteiger partial charge in [-0.1, -0.05) is 0 Å². The van der Waals surface area contributed by atoms with Gasteiger partial charge in [0.1, 0.15) is 0 Å². The summed E-state index contributed by atoms with van der Waals surface area (Å²) in [6.45, 7) is 0. The second-order valence-electron chi connectivity index (χ2n) is 9.27. The number of quaternary nitrogens is 2. The topological polar surface area (TPSA) is 43.2 Å². The van der Waals surface area contributed by atoms with E-state index in [9.17, 15) is 0 Å². The Balaban J connectivity index is 1.77. The molecule has 0 saturated heterocycles. The van der Waals surface area contributed by atoms with Gasteiger partial charge in [-0.25, -0.2) is 0 Å². The van der Waals surface area contributed by atoms with Gasteiger partial charge >= 0.3 is 183 Å². The van der Waals surface area contributed by atoms with Crippen molar-refractivity contribution < 1.29 is 17.4 Å².